The Hall–Kier alpha value is -1.24. The van der Waals surface area contributed by atoms with Crippen LogP contribution in [0.3, 0.4) is 0 Å². The van der Waals surface area contributed by atoms with Crippen LogP contribution >= 0.6 is 22.9 Å². The van der Waals surface area contributed by atoms with Crippen molar-refractivity contribution in [1.29, 1.82) is 0 Å². The van der Waals surface area contributed by atoms with E-state index in [1.807, 2.05) is 18.2 Å². The Balaban J connectivity index is 2.35. The first kappa shape index (κ1) is 10.3. The van der Waals surface area contributed by atoms with Crippen LogP contribution in [0.15, 0.2) is 18.2 Å². The molecule has 2 N–H and O–H groups in total. The molecule has 4 heteroatoms. The lowest BCUT2D eigenvalue weighted by atomic mass is 10.2. The summed E-state index contributed by atoms with van der Waals surface area (Å²) in [7, 11) is 0. The van der Waals surface area contributed by atoms with E-state index in [-0.39, 0.29) is 0 Å². The second-order valence-corrected chi connectivity index (χ2v) is 4.42. The fourth-order valence-corrected chi connectivity index (χ4v) is 2.10. The fourth-order valence-electron chi connectivity index (χ4n) is 1.23. The molecular weight excluding hydrogens is 228 g/mol. The van der Waals surface area contributed by atoms with E-state index in [9.17, 15) is 0 Å². The van der Waals surface area contributed by atoms with Crippen LogP contribution in [-0.2, 0) is 0 Å². The third-order valence-electron chi connectivity index (χ3n) is 1.86. The van der Waals surface area contributed by atoms with Gasteiger partial charge in [0.05, 0.1) is 10.2 Å². The summed E-state index contributed by atoms with van der Waals surface area (Å²) in [6.07, 6.45) is 0.713. The first-order valence-corrected chi connectivity index (χ1v) is 5.85. The molecule has 2 nitrogen and oxygen atoms in total. The van der Waals surface area contributed by atoms with E-state index in [1.165, 1.54) is 11.3 Å². The Morgan fingerprint density at radius 3 is 3.13 bits per heavy atom. The molecular formula is C11H9ClN2S. The van der Waals surface area contributed by atoms with Gasteiger partial charge in [0.2, 0.25) is 0 Å². The van der Waals surface area contributed by atoms with Crippen molar-refractivity contribution in [2.75, 3.05) is 11.6 Å². The average molecular weight is 237 g/mol. The molecule has 0 bridgehead atoms. The van der Waals surface area contributed by atoms with Crippen LogP contribution in [0.1, 0.15) is 12.0 Å². The number of hydrogen-bond donors (Lipinski definition) is 1. The molecule has 76 valence electrons. The SMILES string of the molecule is Nc1nc2ccc(C#CCCCl)cc2s1. The number of fused-ring (bicyclic) bond motifs is 1. The lowest BCUT2D eigenvalue weighted by Crippen LogP contribution is -1.79. The van der Waals surface area contributed by atoms with E-state index < -0.39 is 0 Å². The van der Waals surface area contributed by atoms with Gasteiger partial charge in [-0.15, -0.1) is 11.6 Å². The van der Waals surface area contributed by atoms with Crippen molar-refractivity contribution in [1.82, 2.24) is 4.98 Å². The minimum Gasteiger partial charge on any atom is -0.375 e. The highest BCUT2D eigenvalue weighted by molar-refractivity contribution is 7.22. The molecule has 1 aromatic heterocycles. The number of anilines is 1. The zero-order valence-corrected chi connectivity index (χ0v) is 9.53. The number of hydrogen-bond acceptors (Lipinski definition) is 3. The molecule has 0 radical (unpaired) electrons. The Bertz CT molecular complexity index is 536. The monoisotopic (exact) mass is 236 g/mol. The molecule has 0 saturated heterocycles. The van der Waals surface area contributed by atoms with E-state index in [0.717, 1.165) is 15.8 Å². The second kappa shape index (κ2) is 4.52. The first-order valence-electron chi connectivity index (χ1n) is 4.50. The van der Waals surface area contributed by atoms with Crippen LogP contribution in [0.5, 0.6) is 0 Å². The number of rotatable bonds is 1. The summed E-state index contributed by atoms with van der Waals surface area (Å²) in [5, 5.41) is 0.593. The smallest absolute Gasteiger partial charge is 0.181 e. The maximum Gasteiger partial charge on any atom is 0.181 e. The van der Waals surface area contributed by atoms with Crippen LogP contribution in [0.25, 0.3) is 10.2 Å². The highest BCUT2D eigenvalue weighted by atomic mass is 35.5. The van der Waals surface area contributed by atoms with E-state index in [4.69, 9.17) is 17.3 Å². The summed E-state index contributed by atoms with van der Waals surface area (Å²) in [5.41, 5.74) is 7.53. The molecule has 0 saturated carbocycles. The molecule has 0 fully saturated rings. The highest BCUT2D eigenvalue weighted by Gasteiger charge is 2.00. The predicted octanol–water partition coefficient (Wildman–Crippen LogP) is 2.86. The molecule has 1 aromatic carbocycles. The van der Waals surface area contributed by atoms with Gasteiger partial charge in [-0.05, 0) is 18.2 Å². The van der Waals surface area contributed by atoms with E-state index in [0.29, 0.717) is 17.4 Å². The van der Waals surface area contributed by atoms with Crippen molar-refractivity contribution in [2.24, 2.45) is 0 Å². The number of thiazole rings is 1. The molecule has 0 unspecified atom stereocenters. The molecule has 0 aliphatic rings. The Morgan fingerprint density at radius 2 is 2.33 bits per heavy atom. The first-order chi connectivity index (χ1) is 7.29. The van der Waals surface area contributed by atoms with Gasteiger partial charge in [-0.2, -0.15) is 0 Å². The van der Waals surface area contributed by atoms with Gasteiger partial charge in [0.1, 0.15) is 0 Å². The third kappa shape index (κ3) is 2.41. The van der Waals surface area contributed by atoms with Gasteiger partial charge < -0.3 is 5.73 Å². The average Bonchev–Trinajstić information content (AvgIpc) is 2.57. The van der Waals surface area contributed by atoms with Crippen molar-refractivity contribution in [3.63, 3.8) is 0 Å². The number of benzene rings is 1. The number of nitrogens with two attached hydrogens (primary N) is 1. The zero-order valence-electron chi connectivity index (χ0n) is 7.96. The van der Waals surface area contributed by atoms with Gasteiger partial charge in [0.25, 0.3) is 0 Å². The Labute approximate surface area is 97.1 Å². The van der Waals surface area contributed by atoms with E-state index >= 15 is 0 Å². The van der Waals surface area contributed by atoms with Gasteiger partial charge in [-0.3, -0.25) is 0 Å². The second-order valence-electron chi connectivity index (χ2n) is 2.98. The van der Waals surface area contributed by atoms with Crippen LogP contribution in [0, 0.1) is 11.8 Å². The standard InChI is InChI=1S/C11H9ClN2S/c12-6-2-1-3-8-4-5-9-10(7-8)15-11(13)14-9/h4-5,7H,2,6H2,(H2,13,14). The summed E-state index contributed by atoms with van der Waals surface area (Å²) >= 11 is 7.02. The van der Waals surface area contributed by atoms with Crippen molar-refractivity contribution < 1.29 is 0 Å². The van der Waals surface area contributed by atoms with Gasteiger partial charge >= 0.3 is 0 Å². The molecule has 0 spiro atoms. The molecule has 0 aliphatic carbocycles. The molecule has 0 atom stereocenters. The van der Waals surface area contributed by atoms with E-state index in [1.54, 1.807) is 0 Å². The largest absolute Gasteiger partial charge is 0.375 e. The minimum absolute atomic E-state index is 0.572. The summed E-state index contributed by atoms with van der Waals surface area (Å²) in [4.78, 5) is 4.18. The highest BCUT2D eigenvalue weighted by Crippen LogP contribution is 2.24. The van der Waals surface area contributed by atoms with Crippen molar-refractivity contribution >= 4 is 38.3 Å². The fraction of sp³-hybridized carbons (Fsp3) is 0.182. The van der Waals surface area contributed by atoms with Crippen LogP contribution in [0.4, 0.5) is 5.13 Å². The number of halogens is 1. The molecule has 2 rings (SSSR count). The molecule has 0 amide bonds. The zero-order chi connectivity index (χ0) is 10.7. The number of aromatic nitrogens is 1. The summed E-state index contributed by atoms with van der Waals surface area (Å²) in [5.74, 6) is 6.62. The van der Waals surface area contributed by atoms with Crippen molar-refractivity contribution in [2.45, 2.75) is 6.42 Å². The third-order valence-corrected chi connectivity index (χ3v) is 2.89. The van der Waals surface area contributed by atoms with Crippen LogP contribution in [-0.4, -0.2) is 10.9 Å². The normalized spacial score (nSPS) is 9.93. The van der Waals surface area contributed by atoms with Gasteiger partial charge in [-0.25, -0.2) is 4.98 Å². The lowest BCUT2D eigenvalue weighted by Gasteiger charge is -1.89. The lowest BCUT2D eigenvalue weighted by molar-refractivity contribution is 1.29. The maximum atomic E-state index is 5.62. The van der Waals surface area contributed by atoms with E-state index in [2.05, 4.69) is 16.8 Å². The van der Waals surface area contributed by atoms with Gasteiger partial charge in [-0.1, -0.05) is 23.2 Å². The van der Waals surface area contributed by atoms with Crippen LogP contribution in [0.2, 0.25) is 0 Å². The van der Waals surface area contributed by atoms with Gasteiger partial charge in [0, 0.05) is 17.9 Å². The van der Waals surface area contributed by atoms with Crippen molar-refractivity contribution in [3.8, 4) is 11.8 Å². The van der Waals surface area contributed by atoms with Crippen molar-refractivity contribution in [3.05, 3.63) is 23.8 Å². The number of nitrogen functional groups attached to an aromatic ring is 1. The molecule has 15 heavy (non-hydrogen) atoms. The Kier molecular flexibility index (Phi) is 3.10. The quantitative estimate of drug-likeness (QED) is 0.611. The molecule has 1 heterocycles. The molecule has 2 aromatic rings. The summed E-state index contributed by atoms with van der Waals surface area (Å²) in [6, 6.07) is 5.89. The van der Waals surface area contributed by atoms with Crippen LogP contribution < -0.4 is 5.73 Å². The number of nitrogens with zero attached hydrogens (tertiary/aromatic N) is 1. The maximum absolute atomic E-state index is 5.62. The molecule has 0 aliphatic heterocycles. The topological polar surface area (TPSA) is 38.9 Å². The number of alkyl halides is 1. The summed E-state index contributed by atoms with van der Waals surface area (Å²) in [6.45, 7) is 0. The minimum atomic E-state index is 0.572. The Morgan fingerprint density at radius 1 is 1.47 bits per heavy atom. The van der Waals surface area contributed by atoms with Gasteiger partial charge in [0.15, 0.2) is 5.13 Å². The summed E-state index contributed by atoms with van der Waals surface area (Å²) < 4.78 is 1.07. The predicted molar refractivity (Wildman–Crippen MR) is 66.2 cm³/mol.